The van der Waals surface area contributed by atoms with Gasteiger partial charge in [0.25, 0.3) is 0 Å². The third-order valence-corrected chi connectivity index (χ3v) is 4.67. The molecule has 2 rings (SSSR count). The van der Waals surface area contributed by atoms with E-state index in [9.17, 15) is 4.79 Å². The maximum Gasteiger partial charge on any atom is 0.230 e. The van der Waals surface area contributed by atoms with E-state index in [4.69, 9.17) is 9.47 Å². The molecule has 2 aliphatic rings. The number of hydrogen-bond acceptors (Lipinski definition) is 4. The Balaban J connectivity index is 1.98. The Kier molecular flexibility index (Phi) is 6.45. The Morgan fingerprint density at radius 3 is 2.81 bits per heavy atom. The molecule has 3 atom stereocenters. The van der Waals surface area contributed by atoms with E-state index in [1.54, 1.807) is 7.11 Å². The lowest BCUT2D eigenvalue weighted by molar-refractivity contribution is -0.139. The maximum atomic E-state index is 12.9. The Hall–Kier alpha value is -0.650. The molecule has 21 heavy (non-hydrogen) atoms. The van der Waals surface area contributed by atoms with Crippen LogP contribution in [0.1, 0.15) is 33.1 Å². The first-order chi connectivity index (χ1) is 10.2. The maximum absolute atomic E-state index is 12.9. The predicted octanol–water partition coefficient (Wildman–Crippen LogP) is 1.27. The molecule has 0 aromatic heterocycles. The van der Waals surface area contributed by atoms with Gasteiger partial charge in [0.2, 0.25) is 5.91 Å². The smallest absolute Gasteiger partial charge is 0.230 e. The molecule has 0 radical (unpaired) electrons. The second-order valence-electron chi connectivity index (χ2n) is 6.31. The number of carbonyl (C=O) groups is 1. The number of hydrogen-bond donors (Lipinski definition) is 1. The van der Waals surface area contributed by atoms with Gasteiger partial charge >= 0.3 is 0 Å². The van der Waals surface area contributed by atoms with Crippen LogP contribution in [0.4, 0.5) is 0 Å². The second-order valence-corrected chi connectivity index (χ2v) is 6.31. The van der Waals surface area contributed by atoms with E-state index in [2.05, 4.69) is 19.2 Å². The van der Waals surface area contributed by atoms with Gasteiger partial charge < -0.3 is 19.7 Å². The first-order valence-corrected chi connectivity index (χ1v) is 8.29. The molecule has 0 bridgehead atoms. The van der Waals surface area contributed by atoms with Gasteiger partial charge in [0, 0.05) is 25.7 Å². The summed E-state index contributed by atoms with van der Waals surface area (Å²) < 4.78 is 10.7. The van der Waals surface area contributed by atoms with Gasteiger partial charge in [-0.15, -0.1) is 0 Å². The summed E-state index contributed by atoms with van der Waals surface area (Å²) in [6, 6.07) is 0.481. The van der Waals surface area contributed by atoms with Crippen LogP contribution in [0.5, 0.6) is 0 Å². The van der Waals surface area contributed by atoms with Gasteiger partial charge in [-0.1, -0.05) is 6.92 Å². The van der Waals surface area contributed by atoms with Crippen molar-refractivity contribution in [3.63, 3.8) is 0 Å². The molecule has 1 saturated carbocycles. The van der Waals surface area contributed by atoms with Crippen molar-refractivity contribution < 1.29 is 14.3 Å². The van der Waals surface area contributed by atoms with Gasteiger partial charge in [0.05, 0.1) is 25.7 Å². The molecule has 122 valence electrons. The van der Waals surface area contributed by atoms with Gasteiger partial charge in [-0.2, -0.15) is 0 Å². The molecular weight excluding hydrogens is 268 g/mol. The van der Waals surface area contributed by atoms with Crippen molar-refractivity contribution in [2.24, 2.45) is 11.8 Å². The lowest BCUT2D eigenvalue weighted by Gasteiger charge is -2.33. The van der Waals surface area contributed by atoms with Crippen LogP contribution in [0.15, 0.2) is 0 Å². The molecule has 2 fully saturated rings. The zero-order valence-electron chi connectivity index (χ0n) is 13.6. The fourth-order valence-corrected chi connectivity index (χ4v) is 3.08. The molecule has 3 unspecified atom stereocenters. The van der Waals surface area contributed by atoms with E-state index in [0.717, 1.165) is 13.0 Å². The fourth-order valence-electron chi connectivity index (χ4n) is 3.08. The minimum Gasteiger partial charge on any atom is -0.383 e. The molecule has 5 nitrogen and oxygen atoms in total. The minimum atomic E-state index is -0.0467. The second kappa shape index (κ2) is 8.11. The van der Waals surface area contributed by atoms with E-state index < -0.39 is 0 Å². The minimum absolute atomic E-state index is 0.0467. The lowest BCUT2D eigenvalue weighted by Crippen LogP contribution is -2.50. The molecule has 5 heteroatoms. The number of rotatable bonds is 9. The highest BCUT2D eigenvalue weighted by Gasteiger charge is 2.40. The van der Waals surface area contributed by atoms with E-state index in [-0.39, 0.29) is 17.9 Å². The average Bonchev–Trinajstić information content (AvgIpc) is 3.23. The summed E-state index contributed by atoms with van der Waals surface area (Å²) in [5.41, 5.74) is 0. The zero-order chi connectivity index (χ0) is 15.2. The van der Waals surface area contributed by atoms with Crippen LogP contribution in [0.25, 0.3) is 0 Å². The first kappa shape index (κ1) is 16.7. The molecule has 0 aromatic carbocycles. The zero-order valence-corrected chi connectivity index (χ0v) is 13.6. The van der Waals surface area contributed by atoms with E-state index in [1.165, 1.54) is 12.8 Å². The predicted molar refractivity (Wildman–Crippen MR) is 82.2 cm³/mol. The quantitative estimate of drug-likeness (QED) is 0.696. The van der Waals surface area contributed by atoms with Gasteiger partial charge in [0.15, 0.2) is 0 Å². The third kappa shape index (κ3) is 4.41. The number of amides is 1. The van der Waals surface area contributed by atoms with Gasteiger partial charge in [-0.05, 0) is 38.6 Å². The molecule has 1 heterocycles. The van der Waals surface area contributed by atoms with Crippen molar-refractivity contribution in [1.82, 2.24) is 10.2 Å². The van der Waals surface area contributed by atoms with Crippen LogP contribution in [0, 0.1) is 11.8 Å². The molecule has 0 spiro atoms. The molecular formula is C16H30N2O3. The largest absolute Gasteiger partial charge is 0.383 e. The summed E-state index contributed by atoms with van der Waals surface area (Å²) in [6.45, 7) is 7.73. The monoisotopic (exact) mass is 298 g/mol. The molecule has 0 aromatic rings. The van der Waals surface area contributed by atoms with Crippen LogP contribution in [-0.2, 0) is 14.3 Å². The van der Waals surface area contributed by atoms with Crippen LogP contribution < -0.4 is 5.32 Å². The summed E-state index contributed by atoms with van der Waals surface area (Å²) in [7, 11) is 1.69. The van der Waals surface area contributed by atoms with Crippen molar-refractivity contribution >= 4 is 5.91 Å². The van der Waals surface area contributed by atoms with Crippen LogP contribution >= 0.6 is 0 Å². The summed E-state index contributed by atoms with van der Waals surface area (Å²) in [4.78, 5) is 15.0. The average molecular weight is 298 g/mol. The van der Waals surface area contributed by atoms with Crippen LogP contribution in [0.3, 0.4) is 0 Å². The Labute approximate surface area is 128 Å². The van der Waals surface area contributed by atoms with Crippen molar-refractivity contribution in [2.45, 2.75) is 45.2 Å². The molecule has 1 N–H and O–H groups in total. The summed E-state index contributed by atoms with van der Waals surface area (Å²) >= 11 is 0. The number of carbonyl (C=O) groups excluding carboxylic acids is 1. The molecule has 1 aliphatic carbocycles. The highest BCUT2D eigenvalue weighted by atomic mass is 16.5. The van der Waals surface area contributed by atoms with E-state index in [0.29, 0.717) is 38.3 Å². The molecule has 1 amide bonds. The number of nitrogens with zero attached hydrogens (tertiary/aromatic N) is 1. The van der Waals surface area contributed by atoms with E-state index >= 15 is 0 Å². The lowest BCUT2D eigenvalue weighted by atomic mass is 10.00. The van der Waals surface area contributed by atoms with Gasteiger partial charge in [0.1, 0.15) is 0 Å². The Morgan fingerprint density at radius 2 is 2.19 bits per heavy atom. The standard InChI is InChI=1S/C16H30N2O3/c1-4-7-17-15-11-21-10-14(15)16(19)18(8-9-20-3)12(2)13-5-6-13/h12-15,17H,4-11H2,1-3H3. The van der Waals surface area contributed by atoms with Crippen molar-refractivity contribution in [2.75, 3.05) is 40.0 Å². The van der Waals surface area contributed by atoms with E-state index in [1.807, 2.05) is 4.90 Å². The van der Waals surface area contributed by atoms with Gasteiger partial charge in [-0.3, -0.25) is 4.79 Å². The third-order valence-electron chi connectivity index (χ3n) is 4.67. The summed E-state index contributed by atoms with van der Waals surface area (Å²) in [6.07, 6.45) is 3.57. The van der Waals surface area contributed by atoms with Crippen molar-refractivity contribution in [1.29, 1.82) is 0 Å². The normalized spacial score (nSPS) is 26.8. The van der Waals surface area contributed by atoms with Crippen molar-refractivity contribution in [3.05, 3.63) is 0 Å². The fraction of sp³-hybridized carbons (Fsp3) is 0.938. The summed E-state index contributed by atoms with van der Waals surface area (Å²) in [5, 5.41) is 3.45. The van der Waals surface area contributed by atoms with Crippen molar-refractivity contribution in [3.8, 4) is 0 Å². The number of nitrogens with one attached hydrogen (secondary N) is 1. The van der Waals surface area contributed by atoms with Crippen LogP contribution in [0.2, 0.25) is 0 Å². The molecule has 1 aliphatic heterocycles. The highest BCUT2D eigenvalue weighted by molar-refractivity contribution is 5.80. The topological polar surface area (TPSA) is 50.8 Å². The van der Waals surface area contributed by atoms with Crippen LogP contribution in [-0.4, -0.2) is 62.9 Å². The summed E-state index contributed by atoms with van der Waals surface area (Å²) in [5.74, 6) is 0.863. The van der Waals surface area contributed by atoms with Gasteiger partial charge in [-0.25, -0.2) is 0 Å². The Morgan fingerprint density at radius 1 is 1.43 bits per heavy atom. The number of methoxy groups -OCH3 is 1. The highest BCUT2D eigenvalue weighted by Crippen LogP contribution is 2.36. The molecule has 1 saturated heterocycles. The Bertz CT molecular complexity index is 333. The number of ether oxygens (including phenoxy) is 2. The SMILES string of the molecule is CCCNC1COCC1C(=O)N(CCOC)C(C)C1CC1. The first-order valence-electron chi connectivity index (χ1n) is 8.29.